The van der Waals surface area contributed by atoms with Crippen LogP contribution in [0.5, 0.6) is 0 Å². The first-order valence-corrected chi connectivity index (χ1v) is 5.45. The molecule has 0 aliphatic carbocycles. The van der Waals surface area contributed by atoms with Crippen molar-refractivity contribution in [1.82, 2.24) is 19.9 Å². The summed E-state index contributed by atoms with van der Waals surface area (Å²) in [5.74, 6) is -0.922. The van der Waals surface area contributed by atoms with E-state index in [-0.39, 0.29) is 5.92 Å². The van der Waals surface area contributed by atoms with Crippen LogP contribution in [-0.2, 0) is 18.4 Å². The first kappa shape index (κ1) is 11.1. The minimum Gasteiger partial charge on any atom is -0.481 e. The molecule has 0 spiro atoms. The molecule has 2 rings (SSSR count). The lowest BCUT2D eigenvalue weighted by atomic mass is 9.98. The van der Waals surface area contributed by atoms with Crippen molar-refractivity contribution in [3.8, 4) is 0 Å². The Morgan fingerprint density at radius 3 is 3.12 bits per heavy atom. The summed E-state index contributed by atoms with van der Waals surface area (Å²) in [6.45, 7) is 2.25. The smallest absolute Gasteiger partial charge is 0.307 e. The number of piperidine rings is 1. The number of hydrogen-bond donors (Lipinski definition) is 1. The fourth-order valence-electron chi connectivity index (χ4n) is 2.10. The molecule has 1 atom stereocenters. The number of nitrogens with zero attached hydrogens (tertiary/aromatic N) is 4. The lowest BCUT2D eigenvalue weighted by molar-refractivity contribution is -0.143. The average molecular weight is 224 g/mol. The van der Waals surface area contributed by atoms with Crippen LogP contribution in [0.25, 0.3) is 0 Å². The van der Waals surface area contributed by atoms with Gasteiger partial charge in [0.15, 0.2) is 0 Å². The number of carboxylic acid groups (broad SMARTS) is 1. The second-order valence-electron chi connectivity index (χ2n) is 4.30. The van der Waals surface area contributed by atoms with E-state index in [9.17, 15) is 4.79 Å². The SMILES string of the molecule is Cn1cc(CN2CCCC(C(=O)O)C2)nn1. The molecule has 2 heterocycles. The van der Waals surface area contributed by atoms with Gasteiger partial charge in [-0.05, 0) is 19.4 Å². The summed E-state index contributed by atoms with van der Waals surface area (Å²) >= 11 is 0. The maximum atomic E-state index is 10.9. The summed E-state index contributed by atoms with van der Waals surface area (Å²) in [6.07, 6.45) is 3.59. The molecule has 1 fully saturated rings. The molecule has 1 N–H and O–H groups in total. The summed E-state index contributed by atoms with van der Waals surface area (Å²) in [7, 11) is 1.83. The van der Waals surface area contributed by atoms with Gasteiger partial charge in [0.25, 0.3) is 0 Å². The van der Waals surface area contributed by atoms with Crippen LogP contribution < -0.4 is 0 Å². The normalized spacial score (nSPS) is 22.2. The van der Waals surface area contributed by atoms with Crippen LogP contribution >= 0.6 is 0 Å². The van der Waals surface area contributed by atoms with E-state index in [4.69, 9.17) is 5.11 Å². The fraction of sp³-hybridized carbons (Fsp3) is 0.700. The van der Waals surface area contributed by atoms with Gasteiger partial charge in [-0.3, -0.25) is 14.4 Å². The Kier molecular flexibility index (Phi) is 3.19. The maximum absolute atomic E-state index is 10.9. The van der Waals surface area contributed by atoms with E-state index in [1.807, 2.05) is 13.2 Å². The third-order valence-corrected chi connectivity index (χ3v) is 2.89. The third-order valence-electron chi connectivity index (χ3n) is 2.89. The molecular formula is C10H16N4O2. The number of aliphatic carboxylic acids is 1. The monoisotopic (exact) mass is 224 g/mol. The van der Waals surface area contributed by atoms with Gasteiger partial charge in [0.05, 0.1) is 11.6 Å². The maximum Gasteiger partial charge on any atom is 0.307 e. The molecule has 0 radical (unpaired) electrons. The standard InChI is InChI=1S/C10H16N4O2/c1-13-6-9(11-12-13)7-14-4-2-3-8(5-14)10(15)16/h6,8H,2-5,7H2,1H3,(H,15,16). The highest BCUT2D eigenvalue weighted by Gasteiger charge is 2.25. The minimum atomic E-state index is -0.691. The molecule has 0 bridgehead atoms. The van der Waals surface area contributed by atoms with Gasteiger partial charge in [0, 0.05) is 26.3 Å². The zero-order valence-corrected chi connectivity index (χ0v) is 9.33. The molecule has 1 saturated heterocycles. The first-order chi connectivity index (χ1) is 7.65. The lowest BCUT2D eigenvalue weighted by Crippen LogP contribution is -2.38. The van der Waals surface area contributed by atoms with Crippen LogP contribution in [0.2, 0.25) is 0 Å². The highest BCUT2D eigenvalue weighted by atomic mass is 16.4. The van der Waals surface area contributed by atoms with Gasteiger partial charge in [0.2, 0.25) is 0 Å². The molecule has 1 aliphatic heterocycles. The number of likely N-dealkylation sites (tertiary alicyclic amines) is 1. The molecule has 1 aromatic heterocycles. The fourth-order valence-corrected chi connectivity index (χ4v) is 2.10. The molecule has 6 heteroatoms. The summed E-state index contributed by atoms with van der Waals surface area (Å²) in [5, 5.41) is 16.8. The van der Waals surface area contributed by atoms with Gasteiger partial charge in [-0.1, -0.05) is 5.21 Å². The van der Waals surface area contributed by atoms with Crippen molar-refractivity contribution in [2.24, 2.45) is 13.0 Å². The van der Waals surface area contributed by atoms with Gasteiger partial charge in [-0.15, -0.1) is 5.10 Å². The van der Waals surface area contributed by atoms with E-state index in [1.165, 1.54) is 0 Å². The molecule has 1 aliphatic rings. The second kappa shape index (κ2) is 4.61. The Labute approximate surface area is 93.9 Å². The van der Waals surface area contributed by atoms with Crippen molar-refractivity contribution in [3.63, 3.8) is 0 Å². The van der Waals surface area contributed by atoms with Crippen molar-refractivity contribution < 1.29 is 9.90 Å². The van der Waals surface area contributed by atoms with E-state index >= 15 is 0 Å². The molecule has 0 saturated carbocycles. The van der Waals surface area contributed by atoms with E-state index in [2.05, 4.69) is 15.2 Å². The lowest BCUT2D eigenvalue weighted by Gasteiger charge is -2.29. The molecule has 1 unspecified atom stereocenters. The van der Waals surface area contributed by atoms with E-state index in [0.717, 1.165) is 25.1 Å². The van der Waals surface area contributed by atoms with Crippen LogP contribution in [0.4, 0.5) is 0 Å². The Morgan fingerprint density at radius 2 is 2.50 bits per heavy atom. The number of aryl methyl sites for hydroxylation is 1. The van der Waals surface area contributed by atoms with Gasteiger partial charge >= 0.3 is 5.97 Å². The predicted molar refractivity (Wildman–Crippen MR) is 56.6 cm³/mol. The number of carbonyl (C=O) groups is 1. The van der Waals surface area contributed by atoms with E-state index < -0.39 is 5.97 Å². The van der Waals surface area contributed by atoms with Crippen LogP contribution in [0, 0.1) is 5.92 Å². The molecule has 6 nitrogen and oxygen atoms in total. The van der Waals surface area contributed by atoms with Gasteiger partial charge in [0.1, 0.15) is 0 Å². The minimum absolute atomic E-state index is 0.231. The molecule has 16 heavy (non-hydrogen) atoms. The van der Waals surface area contributed by atoms with Gasteiger partial charge in [-0.2, -0.15) is 0 Å². The Bertz CT molecular complexity index is 377. The van der Waals surface area contributed by atoms with Crippen molar-refractivity contribution in [2.45, 2.75) is 19.4 Å². The quantitative estimate of drug-likeness (QED) is 0.789. The third kappa shape index (κ3) is 2.57. The van der Waals surface area contributed by atoms with Gasteiger partial charge < -0.3 is 5.11 Å². The highest BCUT2D eigenvalue weighted by molar-refractivity contribution is 5.70. The average Bonchev–Trinajstić information content (AvgIpc) is 2.64. The summed E-state index contributed by atoms with van der Waals surface area (Å²) in [4.78, 5) is 13.0. The highest BCUT2D eigenvalue weighted by Crippen LogP contribution is 2.17. The number of carboxylic acids is 1. The number of hydrogen-bond acceptors (Lipinski definition) is 4. The predicted octanol–water partition coefficient (Wildman–Crippen LogP) is 0.112. The van der Waals surface area contributed by atoms with E-state index in [1.54, 1.807) is 4.68 Å². The summed E-state index contributed by atoms with van der Waals surface area (Å²) in [6, 6.07) is 0. The number of rotatable bonds is 3. The molecule has 0 amide bonds. The van der Waals surface area contributed by atoms with E-state index in [0.29, 0.717) is 13.1 Å². The van der Waals surface area contributed by atoms with Gasteiger partial charge in [-0.25, -0.2) is 0 Å². The first-order valence-electron chi connectivity index (χ1n) is 5.45. The van der Waals surface area contributed by atoms with Crippen molar-refractivity contribution in [1.29, 1.82) is 0 Å². The second-order valence-corrected chi connectivity index (χ2v) is 4.30. The topological polar surface area (TPSA) is 71.2 Å². The summed E-state index contributed by atoms with van der Waals surface area (Å²) in [5.41, 5.74) is 0.897. The van der Waals surface area contributed by atoms with Crippen LogP contribution in [0.15, 0.2) is 6.20 Å². The van der Waals surface area contributed by atoms with Crippen LogP contribution in [0.3, 0.4) is 0 Å². The van der Waals surface area contributed by atoms with Crippen molar-refractivity contribution in [3.05, 3.63) is 11.9 Å². The van der Waals surface area contributed by atoms with Crippen LogP contribution in [-0.4, -0.2) is 44.1 Å². The number of aromatic nitrogens is 3. The Balaban J connectivity index is 1.92. The molecular weight excluding hydrogens is 208 g/mol. The largest absolute Gasteiger partial charge is 0.481 e. The van der Waals surface area contributed by atoms with Crippen LogP contribution in [0.1, 0.15) is 18.5 Å². The summed E-state index contributed by atoms with van der Waals surface area (Å²) < 4.78 is 1.66. The van der Waals surface area contributed by atoms with Crippen molar-refractivity contribution in [2.75, 3.05) is 13.1 Å². The van der Waals surface area contributed by atoms with Crippen molar-refractivity contribution >= 4 is 5.97 Å². The zero-order valence-electron chi connectivity index (χ0n) is 9.33. The molecule has 88 valence electrons. The molecule has 0 aromatic carbocycles. The zero-order chi connectivity index (χ0) is 11.5. The Morgan fingerprint density at radius 1 is 1.69 bits per heavy atom. The molecule has 1 aromatic rings. The Hall–Kier alpha value is -1.43.